The van der Waals surface area contributed by atoms with E-state index in [1.807, 2.05) is 0 Å². The number of hydrogen-bond donors (Lipinski definition) is 1. The molecule has 1 aliphatic rings. The van der Waals surface area contributed by atoms with E-state index in [0.29, 0.717) is 36.7 Å². The van der Waals surface area contributed by atoms with Gasteiger partial charge < -0.3 is 19.5 Å². The molecule has 0 saturated carbocycles. The molecule has 9 nitrogen and oxygen atoms in total. The first-order chi connectivity index (χ1) is 13.0. The molecule has 0 radical (unpaired) electrons. The molecule has 3 rings (SSSR count). The molecule has 0 spiro atoms. The molecule has 1 aliphatic heterocycles. The molecule has 1 N–H and O–H groups in total. The molecule has 0 aliphatic carbocycles. The van der Waals surface area contributed by atoms with Crippen molar-refractivity contribution >= 4 is 23.6 Å². The number of rotatable bonds is 6. The second-order valence-corrected chi connectivity index (χ2v) is 5.70. The van der Waals surface area contributed by atoms with Crippen molar-refractivity contribution in [2.24, 2.45) is 0 Å². The van der Waals surface area contributed by atoms with Gasteiger partial charge in [0, 0.05) is 23.9 Å². The Morgan fingerprint density at radius 2 is 1.96 bits per heavy atom. The zero-order chi connectivity index (χ0) is 19.4. The lowest BCUT2D eigenvalue weighted by molar-refractivity contribution is -0.384. The zero-order valence-electron chi connectivity index (χ0n) is 14.3. The van der Waals surface area contributed by atoms with Crippen LogP contribution in [0.25, 0.3) is 0 Å². The fourth-order valence-corrected chi connectivity index (χ4v) is 2.46. The van der Waals surface area contributed by atoms with Crippen molar-refractivity contribution in [1.29, 1.82) is 0 Å². The molecule has 2 aromatic carbocycles. The van der Waals surface area contributed by atoms with Crippen LogP contribution in [-0.4, -0.2) is 36.4 Å². The molecule has 1 amide bonds. The van der Waals surface area contributed by atoms with Gasteiger partial charge in [0.1, 0.15) is 19.0 Å². The molecule has 140 valence electrons. The summed E-state index contributed by atoms with van der Waals surface area (Å²) >= 11 is 0. The standard InChI is InChI=1S/C18H16N2O7/c1-11(27-15-5-3-14(20(23)24)8-12(15)10-21)18(22)19-13-2-4-16-17(9-13)26-7-6-25-16/h2-5,8-11H,6-7H2,1H3,(H,19,22)/t11-/m0/s1. The Bertz CT molecular complexity index is 897. The maximum atomic E-state index is 12.4. The number of carbonyl (C=O) groups is 2. The number of nitrogens with one attached hydrogen (secondary N) is 1. The molecule has 27 heavy (non-hydrogen) atoms. The fourth-order valence-electron chi connectivity index (χ4n) is 2.46. The summed E-state index contributed by atoms with van der Waals surface area (Å²) in [5.41, 5.74) is 0.250. The van der Waals surface area contributed by atoms with Crippen LogP contribution in [0, 0.1) is 10.1 Å². The quantitative estimate of drug-likeness (QED) is 0.470. The minimum Gasteiger partial charge on any atom is -0.486 e. The average Bonchev–Trinajstić information content (AvgIpc) is 2.67. The van der Waals surface area contributed by atoms with Crippen molar-refractivity contribution in [2.75, 3.05) is 18.5 Å². The highest BCUT2D eigenvalue weighted by Crippen LogP contribution is 2.32. The van der Waals surface area contributed by atoms with E-state index in [1.165, 1.54) is 19.1 Å². The highest BCUT2D eigenvalue weighted by Gasteiger charge is 2.19. The number of ether oxygens (including phenoxy) is 3. The summed E-state index contributed by atoms with van der Waals surface area (Å²) in [6.07, 6.45) is -0.508. The Labute approximate surface area is 154 Å². The number of aldehydes is 1. The van der Waals surface area contributed by atoms with Crippen LogP contribution in [0.2, 0.25) is 0 Å². The highest BCUT2D eigenvalue weighted by molar-refractivity contribution is 5.94. The van der Waals surface area contributed by atoms with Crippen LogP contribution in [0.4, 0.5) is 11.4 Å². The van der Waals surface area contributed by atoms with Gasteiger partial charge in [0.15, 0.2) is 23.9 Å². The fraction of sp³-hybridized carbons (Fsp3) is 0.222. The highest BCUT2D eigenvalue weighted by atomic mass is 16.6. The normalized spacial score (nSPS) is 13.4. The first kappa shape index (κ1) is 18.2. The van der Waals surface area contributed by atoms with Crippen LogP contribution in [0.5, 0.6) is 17.2 Å². The van der Waals surface area contributed by atoms with Gasteiger partial charge in [-0.15, -0.1) is 0 Å². The molecule has 2 aromatic rings. The molecule has 0 aromatic heterocycles. The molecule has 0 bridgehead atoms. The maximum Gasteiger partial charge on any atom is 0.270 e. The molecule has 1 heterocycles. The number of carbonyl (C=O) groups excluding carboxylic acids is 2. The number of nitrogens with zero attached hydrogens (tertiary/aromatic N) is 1. The van der Waals surface area contributed by atoms with Crippen LogP contribution in [0.3, 0.4) is 0 Å². The number of nitro benzene ring substituents is 1. The van der Waals surface area contributed by atoms with Crippen LogP contribution < -0.4 is 19.5 Å². The minimum atomic E-state index is -0.946. The van der Waals surface area contributed by atoms with Gasteiger partial charge in [-0.3, -0.25) is 19.7 Å². The van der Waals surface area contributed by atoms with Gasteiger partial charge in [-0.2, -0.15) is 0 Å². The van der Waals surface area contributed by atoms with Gasteiger partial charge in [0.05, 0.1) is 10.5 Å². The van der Waals surface area contributed by atoms with Crippen molar-refractivity contribution < 1.29 is 28.7 Å². The number of hydrogen-bond acceptors (Lipinski definition) is 7. The topological polar surface area (TPSA) is 117 Å². The summed E-state index contributed by atoms with van der Waals surface area (Å²) < 4.78 is 16.4. The number of fused-ring (bicyclic) bond motifs is 1. The first-order valence-electron chi connectivity index (χ1n) is 8.08. The van der Waals surface area contributed by atoms with Crippen molar-refractivity contribution in [3.8, 4) is 17.2 Å². The summed E-state index contributed by atoms with van der Waals surface area (Å²) in [4.78, 5) is 33.7. The Balaban J connectivity index is 1.69. The third-order valence-corrected chi connectivity index (χ3v) is 3.81. The van der Waals surface area contributed by atoms with E-state index < -0.39 is 16.9 Å². The summed E-state index contributed by atoms with van der Waals surface area (Å²) in [5, 5.41) is 13.5. The van der Waals surface area contributed by atoms with Crippen molar-refractivity contribution in [1.82, 2.24) is 0 Å². The molecule has 0 unspecified atom stereocenters. The monoisotopic (exact) mass is 372 g/mol. The minimum absolute atomic E-state index is 0.0109. The molecule has 0 fully saturated rings. The lowest BCUT2D eigenvalue weighted by atomic mass is 10.2. The first-order valence-corrected chi connectivity index (χ1v) is 8.08. The molecule has 9 heteroatoms. The van der Waals surface area contributed by atoms with E-state index in [9.17, 15) is 19.7 Å². The van der Waals surface area contributed by atoms with Crippen LogP contribution in [0.1, 0.15) is 17.3 Å². The van der Waals surface area contributed by atoms with E-state index in [1.54, 1.807) is 18.2 Å². The largest absolute Gasteiger partial charge is 0.486 e. The SMILES string of the molecule is C[C@H](Oc1ccc([N+](=O)[O-])cc1C=O)C(=O)Nc1ccc2c(c1)OCCO2. The third kappa shape index (κ3) is 4.14. The predicted octanol–water partition coefficient (Wildman–Crippen LogP) is 2.58. The second kappa shape index (κ2) is 7.73. The van der Waals surface area contributed by atoms with E-state index in [2.05, 4.69) is 5.32 Å². The van der Waals surface area contributed by atoms with E-state index in [-0.39, 0.29) is 17.0 Å². The Morgan fingerprint density at radius 1 is 1.22 bits per heavy atom. The Hall–Kier alpha value is -3.62. The van der Waals surface area contributed by atoms with Gasteiger partial charge in [0.25, 0.3) is 11.6 Å². The van der Waals surface area contributed by atoms with E-state index in [4.69, 9.17) is 14.2 Å². The zero-order valence-corrected chi connectivity index (χ0v) is 14.3. The van der Waals surface area contributed by atoms with Gasteiger partial charge in [-0.25, -0.2) is 0 Å². The summed E-state index contributed by atoms with van der Waals surface area (Å²) in [6.45, 7) is 2.40. The van der Waals surface area contributed by atoms with Crippen molar-refractivity contribution in [2.45, 2.75) is 13.0 Å². The van der Waals surface area contributed by atoms with Crippen LogP contribution in [0.15, 0.2) is 36.4 Å². The molecular formula is C18H16N2O7. The van der Waals surface area contributed by atoms with E-state index in [0.717, 1.165) is 6.07 Å². The maximum absolute atomic E-state index is 12.4. The van der Waals surface area contributed by atoms with Crippen molar-refractivity contribution in [3.05, 3.63) is 52.1 Å². The average molecular weight is 372 g/mol. The molecule has 1 atom stereocenters. The number of benzene rings is 2. The third-order valence-electron chi connectivity index (χ3n) is 3.81. The Kier molecular flexibility index (Phi) is 5.20. The summed E-state index contributed by atoms with van der Waals surface area (Å²) in [6, 6.07) is 8.58. The number of non-ortho nitro benzene ring substituents is 1. The van der Waals surface area contributed by atoms with Gasteiger partial charge in [0.2, 0.25) is 0 Å². The lowest BCUT2D eigenvalue weighted by Crippen LogP contribution is -2.30. The van der Waals surface area contributed by atoms with Crippen molar-refractivity contribution in [3.63, 3.8) is 0 Å². The molecular weight excluding hydrogens is 356 g/mol. The molecule has 0 saturated heterocycles. The number of amides is 1. The van der Waals surface area contributed by atoms with E-state index >= 15 is 0 Å². The summed E-state index contributed by atoms with van der Waals surface area (Å²) in [7, 11) is 0. The van der Waals surface area contributed by atoms with Crippen LogP contribution in [-0.2, 0) is 4.79 Å². The number of anilines is 1. The smallest absolute Gasteiger partial charge is 0.270 e. The second-order valence-electron chi connectivity index (χ2n) is 5.70. The predicted molar refractivity (Wildman–Crippen MR) is 94.6 cm³/mol. The van der Waals surface area contributed by atoms with Crippen LogP contribution >= 0.6 is 0 Å². The lowest BCUT2D eigenvalue weighted by Gasteiger charge is -2.20. The summed E-state index contributed by atoms with van der Waals surface area (Å²) in [5.74, 6) is 0.763. The van der Waals surface area contributed by atoms with Gasteiger partial charge >= 0.3 is 0 Å². The van der Waals surface area contributed by atoms with Gasteiger partial charge in [-0.1, -0.05) is 0 Å². The Morgan fingerprint density at radius 3 is 2.67 bits per heavy atom. The van der Waals surface area contributed by atoms with Gasteiger partial charge in [-0.05, 0) is 25.1 Å². The number of nitro groups is 1.